The maximum Gasteiger partial charge on any atom is 0.181 e. The number of nitrogens with zero attached hydrogens (tertiary/aromatic N) is 2. The Morgan fingerprint density at radius 2 is 2.12 bits per heavy atom. The zero-order valence-electron chi connectivity index (χ0n) is 13.6. The second-order valence-corrected chi connectivity index (χ2v) is 8.09. The molecule has 0 spiro atoms. The SMILES string of the molecule is Nc1nc2cccc(NC3CCCCC3Oc3ccncc3Br)c2s1. The topological polar surface area (TPSA) is 73.1 Å². The number of benzene rings is 1. The maximum atomic E-state index is 6.30. The molecule has 3 N–H and O–H groups in total. The van der Waals surface area contributed by atoms with Crippen LogP contribution in [0.15, 0.2) is 41.1 Å². The van der Waals surface area contributed by atoms with Crippen molar-refractivity contribution in [3.05, 3.63) is 41.1 Å². The van der Waals surface area contributed by atoms with Crippen molar-refractivity contribution in [3.8, 4) is 5.75 Å². The van der Waals surface area contributed by atoms with Gasteiger partial charge in [-0.3, -0.25) is 4.98 Å². The lowest BCUT2D eigenvalue weighted by molar-refractivity contribution is 0.139. The molecule has 2 atom stereocenters. The fourth-order valence-corrected chi connectivity index (χ4v) is 4.46. The highest BCUT2D eigenvalue weighted by atomic mass is 79.9. The number of nitrogens with one attached hydrogen (secondary N) is 1. The van der Waals surface area contributed by atoms with Crippen LogP contribution in [0, 0.1) is 0 Å². The van der Waals surface area contributed by atoms with Gasteiger partial charge in [0.2, 0.25) is 0 Å². The van der Waals surface area contributed by atoms with Crippen LogP contribution in [0.3, 0.4) is 0 Å². The first kappa shape index (κ1) is 16.6. The molecular weight excluding hydrogens is 400 g/mol. The average Bonchev–Trinajstić information content (AvgIpc) is 3.00. The second-order valence-electron chi connectivity index (χ2n) is 6.20. The van der Waals surface area contributed by atoms with Gasteiger partial charge in [0.25, 0.3) is 0 Å². The van der Waals surface area contributed by atoms with Gasteiger partial charge in [-0.1, -0.05) is 23.8 Å². The molecule has 2 unspecified atom stereocenters. The molecule has 5 nitrogen and oxygen atoms in total. The Labute approximate surface area is 158 Å². The van der Waals surface area contributed by atoms with Crippen LogP contribution in [0.4, 0.5) is 10.8 Å². The van der Waals surface area contributed by atoms with Gasteiger partial charge in [-0.05, 0) is 53.4 Å². The molecule has 0 bridgehead atoms. The van der Waals surface area contributed by atoms with E-state index < -0.39 is 0 Å². The van der Waals surface area contributed by atoms with Crippen LogP contribution >= 0.6 is 27.3 Å². The van der Waals surface area contributed by atoms with E-state index >= 15 is 0 Å². The largest absolute Gasteiger partial charge is 0.487 e. The standard InChI is InChI=1S/C18H19BrN4OS/c19-11-10-21-9-8-15(11)24-16-7-2-1-4-12(16)22-13-5-3-6-14-17(13)25-18(20)23-14/h3,5-6,8-10,12,16,22H,1-2,4,7H2,(H2,20,23). The molecule has 0 aliphatic heterocycles. The van der Waals surface area contributed by atoms with Crippen LogP contribution in [0.2, 0.25) is 0 Å². The van der Waals surface area contributed by atoms with Crippen LogP contribution in [-0.2, 0) is 0 Å². The van der Waals surface area contributed by atoms with E-state index in [0.717, 1.165) is 39.0 Å². The molecule has 0 radical (unpaired) electrons. The fraction of sp³-hybridized carbons (Fsp3) is 0.333. The Kier molecular flexibility index (Phi) is 4.76. The van der Waals surface area contributed by atoms with Crippen LogP contribution < -0.4 is 15.8 Å². The molecule has 1 fully saturated rings. The van der Waals surface area contributed by atoms with Crippen LogP contribution in [-0.4, -0.2) is 22.1 Å². The molecule has 0 amide bonds. The predicted octanol–water partition coefficient (Wildman–Crippen LogP) is 4.84. The number of rotatable bonds is 4. The van der Waals surface area contributed by atoms with E-state index in [2.05, 4.69) is 37.3 Å². The van der Waals surface area contributed by atoms with E-state index in [0.29, 0.717) is 5.13 Å². The second kappa shape index (κ2) is 7.17. The summed E-state index contributed by atoms with van der Waals surface area (Å²) >= 11 is 5.04. The molecule has 2 aromatic heterocycles. The van der Waals surface area contributed by atoms with Crippen molar-refractivity contribution in [1.29, 1.82) is 0 Å². The van der Waals surface area contributed by atoms with Crippen molar-refractivity contribution in [1.82, 2.24) is 9.97 Å². The summed E-state index contributed by atoms with van der Waals surface area (Å²) in [6.45, 7) is 0. The molecule has 7 heteroatoms. The summed E-state index contributed by atoms with van der Waals surface area (Å²) in [5, 5.41) is 4.28. The molecule has 1 aromatic carbocycles. The summed E-state index contributed by atoms with van der Waals surface area (Å²) in [6, 6.07) is 8.26. The highest BCUT2D eigenvalue weighted by Crippen LogP contribution is 2.34. The van der Waals surface area contributed by atoms with Crippen molar-refractivity contribution in [2.24, 2.45) is 0 Å². The third-order valence-corrected chi connectivity index (χ3v) is 6.02. The molecule has 25 heavy (non-hydrogen) atoms. The molecular formula is C18H19BrN4OS. The zero-order valence-corrected chi connectivity index (χ0v) is 16.0. The lowest BCUT2D eigenvalue weighted by atomic mass is 9.92. The van der Waals surface area contributed by atoms with Crippen LogP contribution in [0.1, 0.15) is 25.7 Å². The summed E-state index contributed by atoms with van der Waals surface area (Å²) in [7, 11) is 0. The van der Waals surface area contributed by atoms with E-state index in [1.807, 2.05) is 18.2 Å². The summed E-state index contributed by atoms with van der Waals surface area (Å²) in [5.41, 5.74) is 7.91. The Hall–Kier alpha value is -1.86. The number of halogens is 1. The highest BCUT2D eigenvalue weighted by Gasteiger charge is 2.28. The Morgan fingerprint density at radius 3 is 3.00 bits per heavy atom. The first-order valence-corrected chi connectivity index (χ1v) is 9.99. The van der Waals surface area contributed by atoms with Gasteiger partial charge in [0.15, 0.2) is 5.13 Å². The number of fused-ring (bicyclic) bond motifs is 1. The van der Waals surface area contributed by atoms with Gasteiger partial charge in [0.1, 0.15) is 11.9 Å². The molecule has 1 aliphatic carbocycles. The third-order valence-electron chi connectivity index (χ3n) is 4.49. The van der Waals surface area contributed by atoms with E-state index in [4.69, 9.17) is 10.5 Å². The van der Waals surface area contributed by atoms with Gasteiger partial charge < -0.3 is 15.8 Å². The number of nitrogens with two attached hydrogens (primary N) is 1. The number of nitrogen functional groups attached to an aromatic ring is 1. The Balaban J connectivity index is 1.57. The number of anilines is 2. The van der Waals surface area contributed by atoms with Crippen LogP contribution in [0.25, 0.3) is 10.2 Å². The lowest BCUT2D eigenvalue weighted by Gasteiger charge is -2.33. The smallest absolute Gasteiger partial charge is 0.181 e. The monoisotopic (exact) mass is 418 g/mol. The minimum Gasteiger partial charge on any atom is -0.487 e. The minimum absolute atomic E-state index is 0.118. The zero-order chi connectivity index (χ0) is 17.2. The number of pyridine rings is 1. The first-order chi connectivity index (χ1) is 12.2. The third kappa shape index (κ3) is 3.57. The van der Waals surface area contributed by atoms with Crippen molar-refractivity contribution < 1.29 is 4.74 Å². The van der Waals surface area contributed by atoms with Crippen LogP contribution in [0.5, 0.6) is 5.75 Å². The van der Waals surface area contributed by atoms with Gasteiger partial charge in [-0.2, -0.15) is 0 Å². The van der Waals surface area contributed by atoms with Gasteiger partial charge in [0.05, 0.1) is 26.4 Å². The quantitative estimate of drug-likeness (QED) is 0.633. The molecule has 1 saturated carbocycles. The lowest BCUT2D eigenvalue weighted by Crippen LogP contribution is -2.40. The van der Waals surface area contributed by atoms with Crippen molar-refractivity contribution >= 4 is 48.3 Å². The number of aromatic nitrogens is 2. The fourth-order valence-electron chi connectivity index (χ4n) is 3.30. The molecule has 130 valence electrons. The summed E-state index contributed by atoms with van der Waals surface area (Å²) in [6.07, 6.45) is 8.14. The number of ether oxygens (including phenoxy) is 1. The van der Waals surface area contributed by atoms with Gasteiger partial charge in [-0.25, -0.2) is 4.98 Å². The van der Waals surface area contributed by atoms with Crippen molar-refractivity contribution in [2.45, 2.75) is 37.8 Å². The van der Waals surface area contributed by atoms with E-state index in [1.165, 1.54) is 24.2 Å². The molecule has 1 aliphatic rings. The summed E-state index contributed by atoms with van der Waals surface area (Å²) < 4.78 is 8.29. The van der Waals surface area contributed by atoms with E-state index in [1.54, 1.807) is 12.4 Å². The molecule has 2 heterocycles. The van der Waals surface area contributed by atoms with E-state index in [9.17, 15) is 0 Å². The van der Waals surface area contributed by atoms with Crippen molar-refractivity contribution in [2.75, 3.05) is 11.1 Å². The maximum absolute atomic E-state index is 6.30. The number of hydrogen-bond donors (Lipinski definition) is 2. The number of hydrogen-bond acceptors (Lipinski definition) is 6. The molecule has 3 aromatic rings. The Bertz CT molecular complexity index is 884. The minimum atomic E-state index is 0.118. The van der Waals surface area contributed by atoms with Gasteiger partial charge in [-0.15, -0.1) is 0 Å². The molecule has 0 saturated heterocycles. The first-order valence-electron chi connectivity index (χ1n) is 8.38. The predicted molar refractivity (Wildman–Crippen MR) is 106 cm³/mol. The average molecular weight is 419 g/mol. The molecule has 4 rings (SSSR count). The van der Waals surface area contributed by atoms with Gasteiger partial charge in [0, 0.05) is 12.4 Å². The summed E-state index contributed by atoms with van der Waals surface area (Å²) in [5.74, 6) is 0.842. The van der Waals surface area contributed by atoms with E-state index in [-0.39, 0.29) is 12.1 Å². The summed E-state index contributed by atoms with van der Waals surface area (Å²) in [4.78, 5) is 8.48. The Morgan fingerprint density at radius 1 is 1.24 bits per heavy atom. The van der Waals surface area contributed by atoms with Crippen molar-refractivity contribution in [3.63, 3.8) is 0 Å². The highest BCUT2D eigenvalue weighted by molar-refractivity contribution is 9.10. The van der Waals surface area contributed by atoms with Gasteiger partial charge >= 0.3 is 0 Å². The normalized spacial score (nSPS) is 20.5. The number of thiazole rings is 1.